The molecule has 2 aliphatic heterocycles. The van der Waals surface area contributed by atoms with E-state index in [-0.39, 0.29) is 17.1 Å². The molecule has 0 aliphatic carbocycles. The Hall–Kier alpha value is -4.18. The summed E-state index contributed by atoms with van der Waals surface area (Å²) >= 11 is 3.33. The lowest BCUT2D eigenvalue weighted by Gasteiger charge is -2.22. The molecule has 0 unspecified atom stereocenters. The Morgan fingerprint density at radius 3 is 2.15 bits per heavy atom. The summed E-state index contributed by atoms with van der Waals surface area (Å²) in [6, 6.07) is 19.5. The maximum atomic E-state index is 13.5. The lowest BCUT2D eigenvalue weighted by atomic mass is 9.92. The molecule has 0 radical (unpaired) electrons. The number of fused-ring (bicyclic) bond motifs is 1. The third kappa shape index (κ3) is 3.48. The van der Waals surface area contributed by atoms with E-state index in [0.717, 1.165) is 9.37 Å². The first-order chi connectivity index (χ1) is 16.4. The van der Waals surface area contributed by atoms with Crippen molar-refractivity contribution in [2.75, 3.05) is 9.91 Å². The summed E-state index contributed by atoms with van der Waals surface area (Å²) in [5, 5.41) is 16.8. The topological polar surface area (TPSA) is 113 Å². The maximum Gasteiger partial charge on any atom is 0.269 e. The number of rotatable bonds is 5. The van der Waals surface area contributed by atoms with Crippen LogP contribution in [0.2, 0.25) is 0 Å². The van der Waals surface area contributed by atoms with E-state index < -0.39 is 34.5 Å². The monoisotopic (exact) mass is 518 g/mol. The van der Waals surface area contributed by atoms with Crippen LogP contribution in [0.15, 0.2) is 88.4 Å². The second-order valence-electron chi connectivity index (χ2n) is 7.71. The maximum absolute atomic E-state index is 13.5. The number of benzene rings is 3. The number of amides is 2. The minimum Gasteiger partial charge on any atom is -0.287 e. The van der Waals surface area contributed by atoms with Crippen LogP contribution in [0.5, 0.6) is 0 Å². The second kappa shape index (κ2) is 8.31. The number of non-ortho nitro benzene ring substituents is 1. The Morgan fingerprint density at radius 1 is 0.882 bits per heavy atom. The normalized spacial score (nSPS) is 19.3. The predicted molar refractivity (Wildman–Crippen MR) is 128 cm³/mol. The zero-order valence-corrected chi connectivity index (χ0v) is 19.0. The summed E-state index contributed by atoms with van der Waals surface area (Å²) in [5.41, 5.74) is 0.895. The van der Waals surface area contributed by atoms with Crippen molar-refractivity contribution in [3.8, 4) is 0 Å². The van der Waals surface area contributed by atoms with Crippen molar-refractivity contribution >= 4 is 56.3 Å². The van der Waals surface area contributed by atoms with E-state index in [1.54, 1.807) is 54.6 Å². The molecular weight excluding hydrogens is 504 g/mol. The van der Waals surface area contributed by atoms with Crippen molar-refractivity contribution in [2.45, 2.75) is 6.04 Å². The highest BCUT2D eigenvalue weighted by molar-refractivity contribution is 9.10. The summed E-state index contributed by atoms with van der Waals surface area (Å²) in [6.07, 6.45) is 0. The van der Waals surface area contributed by atoms with E-state index in [9.17, 15) is 24.5 Å². The van der Waals surface area contributed by atoms with Gasteiger partial charge in [0, 0.05) is 22.2 Å². The number of nitrogens with zero attached hydrogens (tertiary/aromatic N) is 4. The molecule has 0 saturated carbocycles. The zero-order valence-electron chi connectivity index (χ0n) is 17.4. The summed E-state index contributed by atoms with van der Waals surface area (Å²) in [4.78, 5) is 51.7. The van der Waals surface area contributed by atoms with Gasteiger partial charge in [0.15, 0.2) is 0 Å². The molecule has 1 saturated heterocycles. The van der Waals surface area contributed by atoms with Gasteiger partial charge in [0.1, 0.15) is 17.7 Å². The third-order valence-electron chi connectivity index (χ3n) is 5.73. The molecule has 1 fully saturated rings. The molecule has 0 spiro atoms. The standard InChI is InChI=1S/C24H15BrN4O5/c25-15-8-6-14(7-9-15)22(30)20-19-21(28(26-20)17-4-2-1-3-5-17)24(32)27(23(19)31)16-10-12-18(13-11-16)29(33)34/h1-13,19,21H/t19-,21-/m0/s1. The highest BCUT2D eigenvalue weighted by Crippen LogP contribution is 2.38. The van der Waals surface area contributed by atoms with Crippen molar-refractivity contribution < 1.29 is 19.3 Å². The number of para-hydroxylation sites is 1. The average Bonchev–Trinajstić information content (AvgIpc) is 3.36. The van der Waals surface area contributed by atoms with Crippen LogP contribution < -0.4 is 9.91 Å². The van der Waals surface area contributed by atoms with Crippen molar-refractivity contribution in [1.29, 1.82) is 0 Å². The lowest BCUT2D eigenvalue weighted by molar-refractivity contribution is -0.384. The smallest absolute Gasteiger partial charge is 0.269 e. The van der Waals surface area contributed by atoms with Crippen molar-refractivity contribution in [2.24, 2.45) is 11.0 Å². The fourth-order valence-electron chi connectivity index (χ4n) is 4.12. The first-order valence-corrected chi connectivity index (χ1v) is 11.0. The first-order valence-electron chi connectivity index (χ1n) is 10.2. The van der Waals surface area contributed by atoms with Gasteiger partial charge in [0.2, 0.25) is 11.7 Å². The number of carbonyl (C=O) groups is 3. The Morgan fingerprint density at radius 2 is 1.53 bits per heavy atom. The number of nitro benzene ring substituents is 1. The van der Waals surface area contributed by atoms with E-state index in [1.807, 2.05) is 0 Å². The molecule has 3 aromatic rings. The van der Waals surface area contributed by atoms with E-state index in [0.29, 0.717) is 11.3 Å². The van der Waals surface area contributed by atoms with Gasteiger partial charge in [0.05, 0.1) is 16.3 Å². The highest BCUT2D eigenvalue weighted by atomic mass is 79.9. The van der Waals surface area contributed by atoms with Gasteiger partial charge in [-0.1, -0.05) is 34.1 Å². The third-order valence-corrected chi connectivity index (χ3v) is 6.26. The van der Waals surface area contributed by atoms with Crippen LogP contribution in [0.1, 0.15) is 10.4 Å². The molecule has 9 nitrogen and oxygen atoms in total. The number of hydrazone groups is 1. The second-order valence-corrected chi connectivity index (χ2v) is 8.62. The van der Waals surface area contributed by atoms with Crippen LogP contribution in [0.25, 0.3) is 0 Å². The molecule has 10 heteroatoms. The van der Waals surface area contributed by atoms with E-state index in [4.69, 9.17) is 0 Å². The van der Waals surface area contributed by atoms with Gasteiger partial charge in [-0.15, -0.1) is 0 Å². The number of carbonyl (C=O) groups excluding carboxylic acids is 3. The molecule has 0 N–H and O–H groups in total. The molecule has 0 bridgehead atoms. The Kier molecular flexibility index (Phi) is 5.29. The van der Waals surface area contributed by atoms with Crippen LogP contribution in [0.4, 0.5) is 17.1 Å². The molecule has 2 aliphatic rings. The van der Waals surface area contributed by atoms with Gasteiger partial charge in [-0.05, 0) is 48.5 Å². The molecule has 2 amide bonds. The largest absolute Gasteiger partial charge is 0.287 e. The number of anilines is 2. The van der Waals surface area contributed by atoms with Crippen LogP contribution in [-0.2, 0) is 9.59 Å². The molecule has 5 rings (SSSR count). The van der Waals surface area contributed by atoms with Crippen LogP contribution in [-0.4, -0.2) is 34.3 Å². The van der Waals surface area contributed by atoms with Gasteiger partial charge in [0.25, 0.3) is 11.6 Å². The molecule has 34 heavy (non-hydrogen) atoms. The Bertz CT molecular complexity index is 1360. The van der Waals surface area contributed by atoms with Crippen LogP contribution in [0.3, 0.4) is 0 Å². The zero-order chi connectivity index (χ0) is 24.0. The number of halogens is 1. The number of imide groups is 1. The average molecular weight is 519 g/mol. The van der Waals surface area contributed by atoms with Crippen molar-refractivity contribution in [3.63, 3.8) is 0 Å². The molecule has 2 heterocycles. The van der Waals surface area contributed by atoms with E-state index in [1.165, 1.54) is 29.3 Å². The van der Waals surface area contributed by atoms with Crippen LogP contribution in [0, 0.1) is 16.0 Å². The minimum atomic E-state index is -1.11. The molecule has 168 valence electrons. The minimum absolute atomic E-state index is 0.0288. The number of nitro groups is 1. The number of hydrogen-bond donors (Lipinski definition) is 0. The van der Waals surface area contributed by atoms with Crippen molar-refractivity contribution in [3.05, 3.63) is 99.0 Å². The fourth-order valence-corrected chi connectivity index (χ4v) is 4.39. The molecular formula is C24H15BrN4O5. The summed E-state index contributed by atoms with van der Waals surface area (Å²) < 4.78 is 0.790. The van der Waals surface area contributed by atoms with Crippen LogP contribution >= 0.6 is 15.9 Å². The highest BCUT2D eigenvalue weighted by Gasteiger charge is 2.58. The lowest BCUT2D eigenvalue weighted by Crippen LogP contribution is -2.39. The van der Waals surface area contributed by atoms with E-state index >= 15 is 0 Å². The Labute approximate surface area is 201 Å². The summed E-state index contributed by atoms with van der Waals surface area (Å²) in [6.45, 7) is 0. The molecule has 0 aromatic heterocycles. The SMILES string of the molecule is O=C(C1=NN(c2ccccc2)[C@@H]2C(=O)N(c3ccc([N+](=O)[O-])cc3)C(=O)[C@@H]12)c1ccc(Br)cc1. The van der Waals surface area contributed by atoms with Gasteiger partial charge < -0.3 is 0 Å². The quantitative estimate of drug-likeness (QED) is 0.218. The summed E-state index contributed by atoms with van der Waals surface area (Å²) in [7, 11) is 0. The molecule has 2 atom stereocenters. The number of ketones is 1. The van der Waals surface area contributed by atoms with Crippen molar-refractivity contribution in [1.82, 2.24) is 0 Å². The first kappa shape index (κ1) is 21.7. The van der Waals surface area contributed by atoms with Gasteiger partial charge in [-0.2, -0.15) is 5.10 Å². The van der Waals surface area contributed by atoms with E-state index in [2.05, 4.69) is 21.0 Å². The van der Waals surface area contributed by atoms with Gasteiger partial charge >= 0.3 is 0 Å². The number of Topliss-reactive ketones (excluding diaryl/α,β-unsaturated/α-hetero) is 1. The predicted octanol–water partition coefficient (Wildman–Crippen LogP) is 3.97. The van der Waals surface area contributed by atoms with Gasteiger partial charge in [-0.3, -0.25) is 29.5 Å². The Balaban J connectivity index is 1.58. The summed E-state index contributed by atoms with van der Waals surface area (Å²) in [5.74, 6) is -2.73. The van der Waals surface area contributed by atoms with Gasteiger partial charge in [-0.25, -0.2) is 4.90 Å². The molecule has 3 aromatic carbocycles. The number of hydrogen-bond acceptors (Lipinski definition) is 7. The fraction of sp³-hybridized carbons (Fsp3) is 0.0833.